The van der Waals surface area contributed by atoms with E-state index in [4.69, 9.17) is 9.26 Å². The van der Waals surface area contributed by atoms with Gasteiger partial charge in [-0.25, -0.2) is 0 Å². The number of halogens is 2. The molecule has 0 aliphatic carbocycles. The first-order valence-electron chi connectivity index (χ1n) is 10.6. The Bertz CT molecular complexity index is 1070. The van der Waals surface area contributed by atoms with Crippen LogP contribution in [0.4, 0.5) is 8.78 Å². The van der Waals surface area contributed by atoms with E-state index in [2.05, 4.69) is 25.1 Å². The first kappa shape index (κ1) is 22.7. The number of piperidine rings is 1. The monoisotopic (exact) mass is 458 g/mol. The quantitative estimate of drug-likeness (QED) is 0.550. The predicted molar refractivity (Wildman–Crippen MR) is 115 cm³/mol. The molecule has 0 radical (unpaired) electrons. The van der Waals surface area contributed by atoms with Crippen molar-refractivity contribution < 1.29 is 27.6 Å². The number of carbonyl (C=O) groups is 1. The normalized spacial score (nSPS) is 14.9. The first-order valence-corrected chi connectivity index (χ1v) is 10.6. The Morgan fingerprint density at radius 3 is 2.64 bits per heavy atom. The number of aromatic nitrogens is 2. The largest absolute Gasteiger partial charge is 0.493 e. The Kier molecular flexibility index (Phi) is 7.13. The van der Waals surface area contributed by atoms with E-state index in [9.17, 15) is 13.6 Å². The van der Waals surface area contributed by atoms with Crippen molar-refractivity contribution in [3.63, 3.8) is 0 Å². The second-order valence-corrected chi connectivity index (χ2v) is 7.65. The van der Waals surface area contributed by atoms with Gasteiger partial charge in [-0.2, -0.15) is 13.8 Å². The Labute approximate surface area is 189 Å². The molecule has 1 aromatic heterocycles. The number of hydrogen-bond donors (Lipinski definition) is 1. The van der Waals surface area contributed by atoms with Crippen LogP contribution in [0.1, 0.15) is 29.1 Å². The number of alkyl halides is 2. The smallest absolute Gasteiger partial charge is 0.387 e. The third kappa shape index (κ3) is 5.83. The number of carbonyl (C=O) groups excluding carboxylic acids is 1. The fraction of sp³-hybridized carbons (Fsp3) is 0.348. The fourth-order valence-corrected chi connectivity index (χ4v) is 3.72. The van der Waals surface area contributed by atoms with Gasteiger partial charge in [0.2, 0.25) is 11.7 Å². The molecule has 1 aliphatic heterocycles. The maximum absolute atomic E-state index is 12.5. The van der Waals surface area contributed by atoms with Crippen LogP contribution in [-0.2, 0) is 6.54 Å². The highest BCUT2D eigenvalue weighted by atomic mass is 19.3. The van der Waals surface area contributed by atoms with Crippen molar-refractivity contribution in [1.82, 2.24) is 20.4 Å². The van der Waals surface area contributed by atoms with Crippen LogP contribution in [0.15, 0.2) is 53.1 Å². The summed E-state index contributed by atoms with van der Waals surface area (Å²) in [5, 5.41) is 7.08. The van der Waals surface area contributed by atoms with Crippen molar-refractivity contribution in [3.05, 3.63) is 60.0 Å². The zero-order chi connectivity index (χ0) is 23.2. The average Bonchev–Trinajstić information content (AvgIpc) is 3.29. The lowest BCUT2D eigenvalue weighted by Gasteiger charge is -2.31. The molecule has 3 aromatic rings. The van der Waals surface area contributed by atoms with Gasteiger partial charge in [0.1, 0.15) is 0 Å². The van der Waals surface area contributed by atoms with E-state index in [1.807, 2.05) is 18.2 Å². The summed E-state index contributed by atoms with van der Waals surface area (Å²) in [6.07, 6.45) is 1.64. The average molecular weight is 458 g/mol. The zero-order valence-electron chi connectivity index (χ0n) is 18.0. The zero-order valence-corrected chi connectivity index (χ0v) is 18.0. The van der Waals surface area contributed by atoms with Crippen LogP contribution in [0.5, 0.6) is 11.5 Å². The van der Waals surface area contributed by atoms with Gasteiger partial charge in [-0.1, -0.05) is 23.4 Å². The topological polar surface area (TPSA) is 89.7 Å². The molecule has 4 rings (SSSR count). The van der Waals surface area contributed by atoms with E-state index in [0.29, 0.717) is 29.4 Å². The number of hydrogen-bond acceptors (Lipinski definition) is 7. The van der Waals surface area contributed by atoms with Crippen LogP contribution >= 0.6 is 0 Å². The Morgan fingerprint density at radius 1 is 1.18 bits per heavy atom. The SMILES string of the molecule is COc1cc(-c2noc(CN3CCC(NC(=O)c4ccccc4)CC3)n2)ccc1OC(F)F. The number of rotatable bonds is 8. The minimum atomic E-state index is -2.95. The third-order valence-electron chi connectivity index (χ3n) is 5.42. The van der Waals surface area contributed by atoms with Gasteiger partial charge >= 0.3 is 6.61 Å². The molecule has 174 valence electrons. The number of amides is 1. The van der Waals surface area contributed by atoms with E-state index in [-0.39, 0.29) is 23.4 Å². The van der Waals surface area contributed by atoms with Crippen LogP contribution < -0.4 is 14.8 Å². The second-order valence-electron chi connectivity index (χ2n) is 7.65. The molecule has 8 nitrogen and oxygen atoms in total. The van der Waals surface area contributed by atoms with Crippen LogP contribution in [0.25, 0.3) is 11.4 Å². The maximum Gasteiger partial charge on any atom is 0.387 e. The predicted octanol–water partition coefficient (Wildman–Crippen LogP) is 3.74. The van der Waals surface area contributed by atoms with Gasteiger partial charge in [0.15, 0.2) is 11.5 Å². The van der Waals surface area contributed by atoms with E-state index in [0.717, 1.165) is 25.9 Å². The molecule has 2 aromatic carbocycles. The molecule has 0 saturated carbocycles. The molecule has 1 aliphatic rings. The molecule has 2 heterocycles. The first-order chi connectivity index (χ1) is 16.0. The number of nitrogens with one attached hydrogen (secondary N) is 1. The summed E-state index contributed by atoms with van der Waals surface area (Å²) >= 11 is 0. The molecular weight excluding hydrogens is 434 g/mol. The van der Waals surface area contributed by atoms with Crippen molar-refractivity contribution in [2.75, 3.05) is 20.2 Å². The molecule has 0 atom stereocenters. The summed E-state index contributed by atoms with van der Waals surface area (Å²) in [4.78, 5) is 18.9. The van der Waals surface area contributed by atoms with Gasteiger partial charge in [-0.15, -0.1) is 0 Å². The molecule has 1 fully saturated rings. The van der Waals surface area contributed by atoms with E-state index in [1.54, 1.807) is 18.2 Å². The van der Waals surface area contributed by atoms with Gasteiger partial charge in [0.25, 0.3) is 5.91 Å². The molecule has 33 heavy (non-hydrogen) atoms. The minimum Gasteiger partial charge on any atom is -0.493 e. The fourth-order valence-electron chi connectivity index (χ4n) is 3.72. The highest BCUT2D eigenvalue weighted by molar-refractivity contribution is 5.94. The molecule has 0 bridgehead atoms. The Morgan fingerprint density at radius 2 is 1.94 bits per heavy atom. The number of nitrogens with zero attached hydrogens (tertiary/aromatic N) is 3. The van der Waals surface area contributed by atoms with Crippen LogP contribution in [0.2, 0.25) is 0 Å². The Balaban J connectivity index is 1.31. The Hall–Kier alpha value is -3.53. The van der Waals surface area contributed by atoms with Gasteiger partial charge in [-0.3, -0.25) is 9.69 Å². The summed E-state index contributed by atoms with van der Waals surface area (Å²) in [5.74, 6) is 0.803. The molecular formula is C23H24F2N4O4. The molecule has 1 N–H and O–H groups in total. The maximum atomic E-state index is 12.5. The van der Waals surface area contributed by atoms with Crippen LogP contribution in [0.3, 0.4) is 0 Å². The summed E-state index contributed by atoms with van der Waals surface area (Å²) in [6, 6.07) is 13.8. The lowest BCUT2D eigenvalue weighted by atomic mass is 10.0. The molecule has 10 heteroatoms. The van der Waals surface area contributed by atoms with E-state index in [1.165, 1.54) is 19.2 Å². The standard InChI is InChI=1S/C23H24F2N4O4/c1-31-19-13-16(7-8-18(19)32-23(24)25)21-27-20(33-28-21)14-29-11-9-17(10-12-29)26-22(30)15-5-3-2-4-6-15/h2-8,13,17,23H,9-12,14H2,1H3,(H,26,30). The lowest BCUT2D eigenvalue weighted by Crippen LogP contribution is -2.44. The second kappa shape index (κ2) is 10.4. The van der Waals surface area contributed by atoms with Crippen molar-refractivity contribution in [3.8, 4) is 22.9 Å². The van der Waals surface area contributed by atoms with E-state index >= 15 is 0 Å². The van der Waals surface area contributed by atoms with Gasteiger partial charge in [-0.05, 0) is 43.2 Å². The third-order valence-corrected chi connectivity index (χ3v) is 5.42. The number of ether oxygens (including phenoxy) is 2. The number of likely N-dealkylation sites (tertiary alicyclic amines) is 1. The van der Waals surface area contributed by atoms with Crippen molar-refractivity contribution in [2.45, 2.75) is 32.0 Å². The van der Waals surface area contributed by atoms with Gasteiger partial charge in [0, 0.05) is 30.3 Å². The van der Waals surface area contributed by atoms with Crippen molar-refractivity contribution >= 4 is 5.91 Å². The molecule has 1 saturated heterocycles. The molecule has 1 amide bonds. The van der Waals surface area contributed by atoms with Crippen LogP contribution in [-0.4, -0.2) is 53.8 Å². The van der Waals surface area contributed by atoms with Gasteiger partial charge < -0.3 is 19.3 Å². The summed E-state index contributed by atoms with van der Waals surface area (Å²) < 4.78 is 39.9. The minimum absolute atomic E-state index is 0.0593. The van der Waals surface area contributed by atoms with Gasteiger partial charge in [0.05, 0.1) is 13.7 Å². The summed E-state index contributed by atoms with van der Waals surface area (Å²) in [5.41, 5.74) is 1.22. The molecule has 0 unspecified atom stereocenters. The highest BCUT2D eigenvalue weighted by Crippen LogP contribution is 2.32. The van der Waals surface area contributed by atoms with Crippen molar-refractivity contribution in [1.29, 1.82) is 0 Å². The van der Waals surface area contributed by atoms with Crippen molar-refractivity contribution in [2.24, 2.45) is 0 Å². The number of methoxy groups -OCH3 is 1. The van der Waals surface area contributed by atoms with Crippen LogP contribution in [0, 0.1) is 0 Å². The van der Waals surface area contributed by atoms with E-state index < -0.39 is 6.61 Å². The number of benzene rings is 2. The lowest BCUT2D eigenvalue weighted by molar-refractivity contribution is -0.0512. The highest BCUT2D eigenvalue weighted by Gasteiger charge is 2.23. The molecule has 0 spiro atoms. The summed E-state index contributed by atoms with van der Waals surface area (Å²) in [6.45, 7) is -0.899. The summed E-state index contributed by atoms with van der Waals surface area (Å²) in [7, 11) is 1.37.